The summed E-state index contributed by atoms with van der Waals surface area (Å²) in [6.07, 6.45) is 5.16. The van der Waals surface area contributed by atoms with Crippen LogP contribution in [0.25, 0.3) is 0 Å². The monoisotopic (exact) mass is 281 g/mol. The Kier molecular flexibility index (Phi) is 4.59. The second-order valence-corrected chi connectivity index (χ2v) is 5.51. The Morgan fingerprint density at radius 3 is 2.75 bits per heavy atom. The van der Waals surface area contributed by atoms with E-state index in [4.69, 9.17) is 0 Å². The Balaban J connectivity index is 1.92. The third-order valence-electron chi connectivity index (χ3n) is 4.08. The number of hydrogen-bond acceptors (Lipinski definition) is 5. The highest BCUT2D eigenvalue weighted by Gasteiger charge is 2.24. The standard InChI is InChI=1S/C13H23N5O2/c1-10-12(18(19)20)13(17(3)15-10)14-8-9-16(2)11-6-4-5-7-11/h11,14H,4-9H2,1-3H3. The van der Waals surface area contributed by atoms with Crippen molar-refractivity contribution in [1.29, 1.82) is 0 Å². The summed E-state index contributed by atoms with van der Waals surface area (Å²) in [4.78, 5) is 13.0. The minimum absolute atomic E-state index is 0.0796. The summed E-state index contributed by atoms with van der Waals surface area (Å²) in [5, 5.41) is 18.3. The van der Waals surface area contributed by atoms with E-state index in [-0.39, 0.29) is 10.6 Å². The largest absolute Gasteiger partial charge is 0.363 e. The summed E-state index contributed by atoms with van der Waals surface area (Å²) in [5.41, 5.74) is 0.528. The van der Waals surface area contributed by atoms with Crippen LogP contribution in [0.4, 0.5) is 11.5 Å². The number of rotatable bonds is 6. The van der Waals surface area contributed by atoms with Crippen LogP contribution in [0, 0.1) is 17.0 Å². The van der Waals surface area contributed by atoms with Crippen molar-refractivity contribution < 1.29 is 4.92 Å². The Morgan fingerprint density at radius 1 is 1.50 bits per heavy atom. The van der Waals surface area contributed by atoms with E-state index in [0.29, 0.717) is 24.1 Å². The number of likely N-dealkylation sites (N-methyl/N-ethyl adjacent to an activating group) is 1. The number of nitro groups is 1. The van der Waals surface area contributed by atoms with Crippen molar-refractivity contribution >= 4 is 11.5 Å². The predicted molar refractivity (Wildman–Crippen MR) is 78.0 cm³/mol. The number of hydrogen-bond donors (Lipinski definition) is 1. The van der Waals surface area contributed by atoms with Crippen LogP contribution in [0.1, 0.15) is 31.4 Å². The van der Waals surface area contributed by atoms with Crippen LogP contribution >= 0.6 is 0 Å². The number of aromatic nitrogens is 2. The van der Waals surface area contributed by atoms with Gasteiger partial charge < -0.3 is 10.2 Å². The van der Waals surface area contributed by atoms with Gasteiger partial charge in [0.1, 0.15) is 5.69 Å². The zero-order valence-corrected chi connectivity index (χ0v) is 12.4. The topological polar surface area (TPSA) is 76.2 Å². The summed E-state index contributed by atoms with van der Waals surface area (Å²) >= 11 is 0. The van der Waals surface area contributed by atoms with Crippen molar-refractivity contribution in [1.82, 2.24) is 14.7 Å². The molecule has 0 bridgehead atoms. The molecule has 1 heterocycles. The van der Waals surface area contributed by atoms with Crippen molar-refractivity contribution in [3.63, 3.8) is 0 Å². The summed E-state index contributed by atoms with van der Waals surface area (Å²) in [7, 11) is 3.85. The van der Waals surface area contributed by atoms with Crippen molar-refractivity contribution in [2.45, 2.75) is 38.6 Å². The molecule has 1 saturated carbocycles. The molecule has 0 unspecified atom stereocenters. The van der Waals surface area contributed by atoms with Gasteiger partial charge in [-0.3, -0.25) is 10.1 Å². The molecule has 7 heteroatoms. The molecule has 1 aliphatic rings. The van der Waals surface area contributed by atoms with E-state index in [1.165, 1.54) is 25.7 Å². The maximum atomic E-state index is 11.1. The van der Waals surface area contributed by atoms with Crippen LogP contribution in [0.3, 0.4) is 0 Å². The molecule has 2 rings (SSSR count). The van der Waals surface area contributed by atoms with Crippen molar-refractivity contribution in [3.8, 4) is 0 Å². The number of aryl methyl sites for hydroxylation is 2. The van der Waals surface area contributed by atoms with Crippen LogP contribution in [0.15, 0.2) is 0 Å². The molecule has 0 aliphatic heterocycles. The van der Waals surface area contributed by atoms with Crippen LogP contribution in [-0.4, -0.2) is 45.8 Å². The average molecular weight is 281 g/mol. The van der Waals surface area contributed by atoms with Gasteiger partial charge >= 0.3 is 5.69 Å². The normalized spacial score (nSPS) is 16.0. The first kappa shape index (κ1) is 14.8. The first-order valence-corrected chi connectivity index (χ1v) is 7.12. The summed E-state index contributed by atoms with van der Waals surface area (Å²) in [6.45, 7) is 3.23. The maximum Gasteiger partial charge on any atom is 0.333 e. The van der Waals surface area contributed by atoms with E-state index in [1.54, 1.807) is 18.7 Å². The second kappa shape index (κ2) is 6.21. The van der Waals surface area contributed by atoms with Gasteiger partial charge in [-0.15, -0.1) is 0 Å². The fourth-order valence-electron chi connectivity index (χ4n) is 2.94. The SMILES string of the molecule is Cc1nn(C)c(NCCN(C)C2CCCC2)c1[N+](=O)[O-]. The lowest BCUT2D eigenvalue weighted by Gasteiger charge is -2.24. The first-order valence-electron chi connectivity index (χ1n) is 7.12. The molecule has 1 fully saturated rings. The van der Waals surface area contributed by atoms with Gasteiger partial charge in [-0.25, -0.2) is 4.68 Å². The molecule has 0 radical (unpaired) electrons. The highest BCUT2D eigenvalue weighted by atomic mass is 16.6. The molecule has 1 aromatic heterocycles. The fraction of sp³-hybridized carbons (Fsp3) is 0.769. The van der Waals surface area contributed by atoms with Crippen LogP contribution in [0.2, 0.25) is 0 Å². The molecule has 1 N–H and O–H groups in total. The fourth-order valence-corrected chi connectivity index (χ4v) is 2.94. The van der Waals surface area contributed by atoms with Crippen LogP contribution in [0.5, 0.6) is 0 Å². The molecule has 20 heavy (non-hydrogen) atoms. The number of anilines is 1. The molecular weight excluding hydrogens is 258 g/mol. The van der Waals surface area contributed by atoms with Gasteiger partial charge in [0.2, 0.25) is 5.82 Å². The minimum Gasteiger partial charge on any atom is -0.363 e. The Morgan fingerprint density at radius 2 is 2.15 bits per heavy atom. The van der Waals surface area contributed by atoms with Gasteiger partial charge in [-0.05, 0) is 26.8 Å². The lowest BCUT2D eigenvalue weighted by molar-refractivity contribution is -0.384. The van der Waals surface area contributed by atoms with E-state index in [2.05, 4.69) is 22.4 Å². The van der Waals surface area contributed by atoms with Crippen molar-refractivity contribution in [2.75, 3.05) is 25.5 Å². The predicted octanol–water partition coefficient (Wildman–Crippen LogP) is 1.92. The van der Waals surface area contributed by atoms with Gasteiger partial charge in [0, 0.05) is 26.2 Å². The number of nitrogens with one attached hydrogen (secondary N) is 1. The summed E-state index contributed by atoms with van der Waals surface area (Å²) in [5.74, 6) is 0.493. The lowest BCUT2D eigenvalue weighted by atomic mass is 10.2. The Bertz CT molecular complexity index is 479. The third kappa shape index (κ3) is 3.09. The minimum atomic E-state index is -0.370. The van der Waals surface area contributed by atoms with E-state index >= 15 is 0 Å². The molecular formula is C13H23N5O2. The molecule has 1 aromatic rings. The molecule has 0 spiro atoms. The van der Waals surface area contributed by atoms with E-state index < -0.39 is 0 Å². The molecule has 0 saturated heterocycles. The van der Waals surface area contributed by atoms with Crippen molar-refractivity contribution in [2.24, 2.45) is 7.05 Å². The average Bonchev–Trinajstić information content (AvgIpc) is 2.98. The van der Waals surface area contributed by atoms with E-state index in [9.17, 15) is 10.1 Å². The van der Waals surface area contributed by atoms with E-state index in [0.717, 1.165) is 6.54 Å². The first-order chi connectivity index (χ1) is 9.50. The van der Waals surface area contributed by atoms with Gasteiger partial charge in [0.15, 0.2) is 0 Å². The lowest BCUT2D eigenvalue weighted by Crippen LogP contribution is -2.33. The van der Waals surface area contributed by atoms with E-state index in [1.807, 2.05) is 0 Å². The molecule has 112 valence electrons. The third-order valence-corrected chi connectivity index (χ3v) is 4.08. The zero-order chi connectivity index (χ0) is 14.7. The quantitative estimate of drug-likeness (QED) is 0.637. The Hall–Kier alpha value is -1.63. The molecule has 0 atom stereocenters. The number of nitrogens with zero attached hydrogens (tertiary/aromatic N) is 4. The summed E-state index contributed by atoms with van der Waals surface area (Å²) < 4.78 is 1.54. The van der Waals surface area contributed by atoms with Gasteiger partial charge in [-0.2, -0.15) is 5.10 Å². The molecule has 7 nitrogen and oxygen atoms in total. The Labute approximate surface area is 119 Å². The van der Waals surface area contributed by atoms with Gasteiger partial charge in [0.25, 0.3) is 0 Å². The highest BCUT2D eigenvalue weighted by molar-refractivity contribution is 5.59. The van der Waals surface area contributed by atoms with Crippen molar-refractivity contribution in [3.05, 3.63) is 15.8 Å². The van der Waals surface area contributed by atoms with Crippen LogP contribution in [-0.2, 0) is 7.05 Å². The second-order valence-electron chi connectivity index (χ2n) is 5.51. The highest BCUT2D eigenvalue weighted by Crippen LogP contribution is 2.27. The maximum absolute atomic E-state index is 11.1. The molecule has 0 amide bonds. The van der Waals surface area contributed by atoms with Gasteiger partial charge in [0.05, 0.1) is 4.92 Å². The van der Waals surface area contributed by atoms with Crippen LogP contribution < -0.4 is 5.32 Å². The molecule has 1 aliphatic carbocycles. The summed E-state index contributed by atoms with van der Waals surface area (Å²) in [6, 6.07) is 0.667. The zero-order valence-electron chi connectivity index (χ0n) is 12.4. The smallest absolute Gasteiger partial charge is 0.333 e. The molecule has 0 aromatic carbocycles. The van der Waals surface area contributed by atoms with Gasteiger partial charge in [-0.1, -0.05) is 12.8 Å².